The Labute approximate surface area is 181 Å². The number of nitrogens with zero attached hydrogens (tertiary/aromatic N) is 5. The van der Waals surface area contributed by atoms with Crippen molar-refractivity contribution in [2.75, 3.05) is 0 Å². The summed E-state index contributed by atoms with van der Waals surface area (Å²) in [6.45, 7) is 2.05. The van der Waals surface area contributed by atoms with Crippen molar-refractivity contribution in [1.29, 1.82) is 0 Å². The van der Waals surface area contributed by atoms with E-state index in [1.165, 1.54) is 17.7 Å². The molecule has 1 saturated carbocycles. The Kier molecular flexibility index (Phi) is 5.15. The molecule has 148 valence electrons. The molecule has 9 heteroatoms. The Morgan fingerprint density at radius 1 is 1.21 bits per heavy atom. The zero-order valence-electron chi connectivity index (χ0n) is 15.7. The monoisotopic (exact) mass is 443 g/mol. The van der Waals surface area contributed by atoms with Gasteiger partial charge < -0.3 is 8.98 Å². The van der Waals surface area contributed by atoms with Gasteiger partial charge in [0.1, 0.15) is 5.82 Å². The molecule has 29 heavy (non-hydrogen) atoms. The molecule has 0 bridgehead atoms. The molecule has 1 fully saturated rings. The minimum absolute atomic E-state index is 0.0354. The highest BCUT2D eigenvalue weighted by Crippen LogP contribution is 2.42. The Balaban J connectivity index is 1.36. The van der Waals surface area contributed by atoms with Gasteiger partial charge >= 0.3 is 0 Å². The molecule has 0 spiro atoms. The molecule has 3 aromatic heterocycles. The molecule has 1 aliphatic rings. The lowest BCUT2D eigenvalue weighted by molar-refractivity contribution is 0.508. The number of halogens is 1. The number of thioether (sulfide) groups is 1. The van der Waals surface area contributed by atoms with Gasteiger partial charge in [0.25, 0.3) is 0 Å². The summed E-state index contributed by atoms with van der Waals surface area (Å²) in [6.07, 6.45) is 3.17. The van der Waals surface area contributed by atoms with Gasteiger partial charge in [0, 0.05) is 27.9 Å². The average Bonchev–Trinajstić information content (AvgIpc) is 3.13. The Hall–Kier alpha value is -2.16. The number of rotatable bonds is 7. The lowest BCUT2D eigenvalue weighted by Gasteiger charge is -2.10. The molecule has 0 radical (unpaired) electrons. The first-order chi connectivity index (χ1) is 14.2. The van der Waals surface area contributed by atoms with Crippen molar-refractivity contribution in [3.8, 4) is 11.5 Å². The fourth-order valence-electron chi connectivity index (χ4n) is 3.12. The van der Waals surface area contributed by atoms with Gasteiger partial charge in [-0.15, -0.1) is 31.7 Å². The van der Waals surface area contributed by atoms with E-state index in [0.717, 1.165) is 23.0 Å². The Morgan fingerprint density at radius 2 is 2.10 bits per heavy atom. The maximum atomic E-state index is 6.07. The Morgan fingerprint density at radius 3 is 2.86 bits per heavy atom. The maximum Gasteiger partial charge on any atom is 0.247 e. The SMILES string of the molecule is CC(Sc1nnc(Cc2cccs2)n1C1CC1)c1nnc(-c2cccc(Cl)c2)o1. The van der Waals surface area contributed by atoms with E-state index in [2.05, 4.69) is 42.5 Å². The van der Waals surface area contributed by atoms with E-state index in [4.69, 9.17) is 16.0 Å². The van der Waals surface area contributed by atoms with Gasteiger partial charge in [-0.05, 0) is 49.4 Å². The van der Waals surface area contributed by atoms with Crippen LogP contribution in [0.1, 0.15) is 47.6 Å². The van der Waals surface area contributed by atoms with Crippen molar-refractivity contribution in [3.63, 3.8) is 0 Å². The van der Waals surface area contributed by atoms with E-state index in [9.17, 15) is 0 Å². The first-order valence-electron chi connectivity index (χ1n) is 9.39. The number of aromatic nitrogens is 5. The Bertz CT molecular complexity index is 1120. The van der Waals surface area contributed by atoms with Gasteiger partial charge in [-0.3, -0.25) is 0 Å². The standard InChI is InChI=1S/C20H18ClN5OS2/c1-12(18-23-24-19(27-18)13-4-2-5-14(21)10-13)29-20-25-22-17(26(20)15-7-8-15)11-16-6-3-9-28-16/h2-6,9-10,12,15H,7-8,11H2,1H3. The number of hydrogen-bond acceptors (Lipinski definition) is 7. The van der Waals surface area contributed by atoms with Crippen LogP contribution >= 0.6 is 34.7 Å². The second-order valence-electron chi connectivity index (χ2n) is 6.97. The zero-order valence-corrected chi connectivity index (χ0v) is 18.0. The third-order valence-electron chi connectivity index (χ3n) is 4.70. The van der Waals surface area contributed by atoms with Crippen molar-refractivity contribution < 1.29 is 4.42 Å². The highest BCUT2D eigenvalue weighted by atomic mass is 35.5. The molecular formula is C20H18ClN5OS2. The van der Waals surface area contributed by atoms with E-state index in [-0.39, 0.29) is 5.25 Å². The van der Waals surface area contributed by atoms with E-state index >= 15 is 0 Å². The molecule has 1 unspecified atom stereocenters. The first-order valence-corrected chi connectivity index (χ1v) is 11.5. The molecule has 0 N–H and O–H groups in total. The normalized spacial score (nSPS) is 15.0. The zero-order chi connectivity index (χ0) is 19.8. The molecule has 3 heterocycles. The molecule has 0 saturated heterocycles. The predicted molar refractivity (Wildman–Crippen MR) is 114 cm³/mol. The highest BCUT2D eigenvalue weighted by molar-refractivity contribution is 7.99. The van der Waals surface area contributed by atoms with E-state index in [1.54, 1.807) is 23.1 Å². The summed E-state index contributed by atoms with van der Waals surface area (Å²) in [6, 6.07) is 12.1. The third kappa shape index (κ3) is 4.10. The van der Waals surface area contributed by atoms with Crippen LogP contribution in [0, 0.1) is 0 Å². The van der Waals surface area contributed by atoms with Crippen LogP contribution in [0.25, 0.3) is 11.5 Å². The molecular weight excluding hydrogens is 426 g/mol. The third-order valence-corrected chi connectivity index (χ3v) is 6.86. The quantitative estimate of drug-likeness (QED) is 0.335. The second kappa shape index (κ2) is 7.93. The van der Waals surface area contributed by atoms with Crippen molar-refractivity contribution >= 4 is 34.7 Å². The molecule has 1 aromatic carbocycles. The summed E-state index contributed by atoms with van der Waals surface area (Å²) in [4.78, 5) is 1.30. The first kappa shape index (κ1) is 18.8. The predicted octanol–water partition coefficient (Wildman–Crippen LogP) is 5.82. The van der Waals surface area contributed by atoms with E-state index in [0.29, 0.717) is 22.8 Å². The summed E-state index contributed by atoms with van der Waals surface area (Å²) in [5.74, 6) is 2.06. The van der Waals surface area contributed by atoms with Crippen LogP contribution in [0.15, 0.2) is 51.4 Å². The van der Waals surface area contributed by atoms with Crippen LogP contribution in [0.5, 0.6) is 0 Å². The van der Waals surface area contributed by atoms with Gasteiger partial charge in [-0.2, -0.15) is 0 Å². The lowest BCUT2D eigenvalue weighted by atomic mass is 10.2. The topological polar surface area (TPSA) is 69.6 Å². The van der Waals surface area contributed by atoms with Crippen LogP contribution in [0.3, 0.4) is 0 Å². The maximum absolute atomic E-state index is 6.07. The average molecular weight is 444 g/mol. The van der Waals surface area contributed by atoms with Crippen molar-refractivity contribution in [1.82, 2.24) is 25.0 Å². The van der Waals surface area contributed by atoms with Crippen molar-refractivity contribution in [2.45, 2.75) is 42.6 Å². The van der Waals surface area contributed by atoms with Gasteiger partial charge in [0.05, 0.1) is 5.25 Å². The molecule has 5 rings (SSSR count). The largest absolute Gasteiger partial charge is 0.419 e. The summed E-state index contributed by atoms with van der Waals surface area (Å²) in [5.41, 5.74) is 0.813. The molecule has 6 nitrogen and oxygen atoms in total. The van der Waals surface area contributed by atoms with E-state index in [1.807, 2.05) is 31.2 Å². The fourth-order valence-corrected chi connectivity index (χ4v) is 4.98. The summed E-state index contributed by atoms with van der Waals surface area (Å²) < 4.78 is 8.20. The minimum atomic E-state index is -0.0354. The van der Waals surface area contributed by atoms with E-state index < -0.39 is 0 Å². The number of benzene rings is 1. The molecule has 0 aliphatic heterocycles. The van der Waals surface area contributed by atoms with Gasteiger partial charge in [-0.25, -0.2) is 0 Å². The second-order valence-corrected chi connectivity index (χ2v) is 9.75. The van der Waals surface area contributed by atoms with Crippen LogP contribution in [-0.4, -0.2) is 25.0 Å². The van der Waals surface area contributed by atoms with Crippen LogP contribution in [0.2, 0.25) is 5.02 Å². The van der Waals surface area contributed by atoms with Gasteiger partial charge in [0.2, 0.25) is 11.8 Å². The number of hydrogen-bond donors (Lipinski definition) is 0. The van der Waals surface area contributed by atoms with Crippen LogP contribution < -0.4 is 0 Å². The smallest absolute Gasteiger partial charge is 0.247 e. The minimum Gasteiger partial charge on any atom is -0.419 e. The summed E-state index contributed by atoms with van der Waals surface area (Å²) in [5, 5.41) is 21.0. The highest BCUT2D eigenvalue weighted by Gasteiger charge is 2.31. The molecule has 4 aromatic rings. The van der Waals surface area contributed by atoms with Crippen LogP contribution in [0.4, 0.5) is 0 Å². The van der Waals surface area contributed by atoms with Crippen molar-refractivity contribution in [2.24, 2.45) is 0 Å². The van der Waals surface area contributed by atoms with Crippen LogP contribution in [-0.2, 0) is 6.42 Å². The van der Waals surface area contributed by atoms with Gasteiger partial charge in [0.15, 0.2) is 5.16 Å². The fraction of sp³-hybridized carbons (Fsp3) is 0.300. The van der Waals surface area contributed by atoms with Crippen molar-refractivity contribution in [3.05, 3.63) is 63.4 Å². The molecule has 0 amide bonds. The summed E-state index contributed by atoms with van der Waals surface area (Å²) in [7, 11) is 0. The number of thiophene rings is 1. The lowest BCUT2D eigenvalue weighted by Crippen LogP contribution is -2.04. The molecule has 1 atom stereocenters. The molecule has 1 aliphatic carbocycles. The summed E-state index contributed by atoms with van der Waals surface area (Å²) >= 11 is 9.42. The van der Waals surface area contributed by atoms with Gasteiger partial charge in [-0.1, -0.05) is 35.5 Å².